The summed E-state index contributed by atoms with van der Waals surface area (Å²) in [5, 5.41) is 3.00. The first-order chi connectivity index (χ1) is 7.61. The minimum absolute atomic E-state index is 0.131. The highest BCUT2D eigenvalue weighted by Crippen LogP contribution is 2.27. The Hall–Kier alpha value is -0.610. The lowest BCUT2D eigenvalue weighted by Crippen LogP contribution is -2.37. The molecule has 0 unspecified atom stereocenters. The molecular weight excluding hydrogens is 202 g/mol. The number of amides is 1. The molecule has 0 spiro atoms. The summed E-state index contributed by atoms with van der Waals surface area (Å²) in [5.41, 5.74) is 5.65. The van der Waals surface area contributed by atoms with Crippen LogP contribution in [0.3, 0.4) is 0 Å². The van der Waals surface area contributed by atoms with Gasteiger partial charge in [0.2, 0.25) is 5.91 Å². The van der Waals surface area contributed by atoms with Crippen molar-refractivity contribution in [1.29, 1.82) is 0 Å². The molecule has 16 heavy (non-hydrogen) atoms. The lowest BCUT2D eigenvalue weighted by Gasteiger charge is -2.27. The Morgan fingerprint density at radius 3 is 2.31 bits per heavy atom. The first-order valence-electron chi connectivity index (χ1n) is 6.23. The normalized spacial score (nSPS) is 25.8. The molecule has 0 atom stereocenters. The summed E-state index contributed by atoms with van der Waals surface area (Å²) in [7, 11) is 3.82. The van der Waals surface area contributed by atoms with Gasteiger partial charge in [-0.05, 0) is 58.2 Å². The van der Waals surface area contributed by atoms with Crippen molar-refractivity contribution in [3.8, 4) is 0 Å². The van der Waals surface area contributed by atoms with Gasteiger partial charge in [0.15, 0.2) is 0 Å². The second-order valence-electron chi connectivity index (χ2n) is 5.16. The van der Waals surface area contributed by atoms with Crippen molar-refractivity contribution >= 4 is 5.91 Å². The Kier molecular flexibility index (Phi) is 5.77. The molecule has 0 aromatic rings. The van der Waals surface area contributed by atoms with Crippen LogP contribution in [0.1, 0.15) is 25.7 Å². The molecule has 1 saturated carbocycles. The molecule has 4 nitrogen and oxygen atoms in total. The maximum Gasteiger partial charge on any atom is 0.234 e. The average molecular weight is 227 g/mol. The topological polar surface area (TPSA) is 58.4 Å². The maximum atomic E-state index is 11.4. The van der Waals surface area contributed by atoms with Crippen LogP contribution in [-0.4, -0.2) is 44.5 Å². The molecule has 0 aromatic carbocycles. The van der Waals surface area contributed by atoms with E-state index in [2.05, 4.69) is 5.32 Å². The molecule has 1 aliphatic carbocycles. The number of nitrogens with zero attached hydrogens (tertiary/aromatic N) is 1. The van der Waals surface area contributed by atoms with Gasteiger partial charge in [0.1, 0.15) is 0 Å². The van der Waals surface area contributed by atoms with Crippen LogP contribution in [0.15, 0.2) is 0 Å². The summed E-state index contributed by atoms with van der Waals surface area (Å²) in [6.45, 7) is 2.14. The molecule has 3 N–H and O–H groups in total. The Labute approximate surface area is 98.6 Å². The van der Waals surface area contributed by atoms with Crippen LogP contribution in [0.4, 0.5) is 0 Å². The van der Waals surface area contributed by atoms with Crippen LogP contribution in [0.2, 0.25) is 0 Å². The number of hydrogen-bond acceptors (Lipinski definition) is 3. The quantitative estimate of drug-likeness (QED) is 0.716. The third kappa shape index (κ3) is 4.94. The van der Waals surface area contributed by atoms with Gasteiger partial charge in [0.05, 0.1) is 6.54 Å². The SMILES string of the molecule is CN(C)CC(=O)NC[C@H]1CC[C@H](CN)CC1. The summed E-state index contributed by atoms with van der Waals surface area (Å²) in [6.07, 6.45) is 4.88. The van der Waals surface area contributed by atoms with Crippen molar-refractivity contribution in [2.75, 3.05) is 33.7 Å². The molecule has 0 bridgehead atoms. The zero-order valence-corrected chi connectivity index (χ0v) is 10.5. The van der Waals surface area contributed by atoms with E-state index in [1.54, 1.807) is 0 Å². The van der Waals surface area contributed by atoms with Crippen molar-refractivity contribution in [3.63, 3.8) is 0 Å². The van der Waals surface area contributed by atoms with Gasteiger partial charge in [0, 0.05) is 6.54 Å². The number of nitrogens with one attached hydrogen (secondary N) is 1. The van der Waals surface area contributed by atoms with E-state index < -0.39 is 0 Å². The van der Waals surface area contributed by atoms with Crippen LogP contribution in [0.5, 0.6) is 0 Å². The first kappa shape index (κ1) is 13.5. The van der Waals surface area contributed by atoms with Crippen molar-refractivity contribution in [2.45, 2.75) is 25.7 Å². The van der Waals surface area contributed by atoms with Crippen molar-refractivity contribution in [1.82, 2.24) is 10.2 Å². The second kappa shape index (κ2) is 6.86. The molecule has 1 amide bonds. The monoisotopic (exact) mass is 227 g/mol. The number of likely N-dealkylation sites (N-methyl/N-ethyl adjacent to an activating group) is 1. The summed E-state index contributed by atoms with van der Waals surface area (Å²) in [4.78, 5) is 13.3. The zero-order chi connectivity index (χ0) is 12.0. The summed E-state index contributed by atoms with van der Waals surface area (Å²) < 4.78 is 0. The largest absolute Gasteiger partial charge is 0.355 e. The zero-order valence-electron chi connectivity index (χ0n) is 10.5. The predicted octanol–water partition coefficient (Wildman–Crippen LogP) is 0.429. The highest BCUT2D eigenvalue weighted by Gasteiger charge is 2.20. The molecule has 0 heterocycles. The molecule has 4 heteroatoms. The lowest BCUT2D eigenvalue weighted by molar-refractivity contribution is -0.121. The molecule has 0 aliphatic heterocycles. The van der Waals surface area contributed by atoms with E-state index in [1.807, 2.05) is 19.0 Å². The highest BCUT2D eigenvalue weighted by atomic mass is 16.1. The van der Waals surface area contributed by atoms with Crippen molar-refractivity contribution in [2.24, 2.45) is 17.6 Å². The number of carbonyl (C=O) groups excluding carboxylic acids is 1. The van der Waals surface area contributed by atoms with Gasteiger partial charge >= 0.3 is 0 Å². The van der Waals surface area contributed by atoms with Crippen molar-refractivity contribution in [3.05, 3.63) is 0 Å². The van der Waals surface area contributed by atoms with E-state index in [0.717, 1.165) is 13.1 Å². The Bertz CT molecular complexity index is 210. The fourth-order valence-electron chi connectivity index (χ4n) is 2.27. The molecule has 1 rings (SSSR count). The minimum atomic E-state index is 0.131. The Morgan fingerprint density at radius 1 is 1.25 bits per heavy atom. The number of hydrogen-bond donors (Lipinski definition) is 2. The Balaban J connectivity index is 2.12. The average Bonchev–Trinajstić information content (AvgIpc) is 2.26. The van der Waals surface area contributed by atoms with E-state index >= 15 is 0 Å². The summed E-state index contributed by atoms with van der Waals surface area (Å²) in [6, 6.07) is 0. The molecule has 1 fully saturated rings. The summed E-state index contributed by atoms with van der Waals surface area (Å²) >= 11 is 0. The predicted molar refractivity (Wildman–Crippen MR) is 66.1 cm³/mol. The van der Waals surface area contributed by atoms with E-state index in [-0.39, 0.29) is 5.91 Å². The third-order valence-corrected chi connectivity index (χ3v) is 3.35. The van der Waals surface area contributed by atoms with Gasteiger partial charge < -0.3 is 16.0 Å². The fourth-order valence-corrected chi connectivity index (χ4v) is 2.27. The third-order valence-electron chi connectivity index (χ3n) is 3.35. The van der Waals surface area contributed by atoms with Gasteiger partial charge in [-0.2, -0.15) is 0 Å². The van der Waals surface area contributed by atoms with Crippen LogP contribution in [0.25, 0.3) is 0 Å². The molecule has 0 saturated heterocycles. The van der Waals surface area contributed by atoms with Crippen LogP contribution in [0, 0.1) is 11.8 Å². The van der Waals surface area contributed by atoms with E-state index in [1.165, 1.54) is 25.7 Å². The highest BCUT2D eigenvalue weighted by molar-refractivity contribution is 5.77. The maximum absolute atomic E-state index is 11.4. The molecular formula is C12H25N3O. The van der Waals surface area contributed by atoms with E-state index in [0.29, 0.717) is 18.4 Å². The molecule has 94 valence electrons. The van der Waals surface area contributed by atoms with Crippen LogP contribution < -0.4 is 11.1 Å². The first-order valence-corrected chi connectivity index (χ1v) is 6.23. The molecule has 0 radical (unpaired) electrons. The van der Waals surface area contributed by atoms with Crippen LogP contribution in [-0.2, 0) is 4.79 Å². The summed E-state index contributed by atoms with van der Waals surface area (Å²) in [5.74, 6) is 1.51. The van der Waals surface area contributed by atoms with Crippen LogP contribution >= 0.6 is 0 Å². The van der Waals surface area contributed by atoms with Gasteiger partial charge in [-0.3, -0.25) is 4.79 Å². The fraction of sp³-hybridized carbons (Fsp3) is 0.917. The van der Waals surface area contributed by atoms with Gasteiger partial charge in [-0.25, -0.2) is 0 Å². The van der Waals surface area contributed by atoms with Gasteiger partial charge in [-0.1, -0.05) is 0 Å². The standard InChI is InChI=1S/C12H25N3O/c1-15(2)9-12(16)14-8-11-5-3-10(7-13)4-6-11/h10-11H,3-9,13H2,1-2H3,(H,14,16)/t10-,11-. The van der Waals surface area contributed by atoms with Gasteiger partial charge in [0.25, 0.3) is 0 Å². The van der Waals surface area contributed by atoms with Gasteiger partial charge in [-0.15, -0.1) is 0 Å². The Morgan fingerprint density at radius 2 is 1.81 bits per heavy atom. The van der Waals surface area contributed by atoms with E-state index in [4.69, 9.17) is 5.73 Å². The molecule has 1 aliphatic rings. The number of carbonyl (C=O) groups is 1. The van der Waals surface area contributed by atoms with Crippen molar-refractivity contribution < 1.29 is 4.79 Å². The smallest absolute Gasteiger partial charge is 0.234 e. The van der Waals surface area contributed by atoms with E-state index in [9.17, 15) is 4.79 Å². The minimum Gasteiger partial charge on any atom is -0.355 e. The molecule has 0 aromatic heterocycles. The lowest BCUT2D eigenvalue weighted by atomic mass is 9.82. The number of nitrogens with two attached hydrogens (primary N) is 1. The second-order valence-corrected chi connectivity index (χ2v) is 5.16. The number of rotatable bonds is 5.